The van der Waals surface area contributed by atoms with Crippen LogP contribution in [0.25, 0.3) is 0 Å². The molecule has 0 aromatic carbocycles. The molecule has 0 heterocycles. The largest absolute Gasteiger partial charge is 0.462 e. The predicted octanol–water partition coefficient (Wildman–Crippen LogP) is 3.05. The van der Waals surface area contributed by atoms with Gasteiger partial charge in [-0.3, -0.25) is 4.79 Å². The molecule has 1 aliphatic carbocycles. The minimum absolute atomic E-state index is 0.0365. The fraction of sp³-hybridized carbons (Fsp3) is 0.909. The van der Waals surface area contributed by atoms with Crippen molar-refractivity contribution in [1.82, 2.24) is 0 Å². The third-order valence-electron chi connectivity index (χ3n) is 2.64. The van der Waals surface area contributed by atoms with E-state index in [1.165, 1.54) is 32.1 Å². The number of carbonyl (C=O) groups is 1. The first-order valence-electron chi connectivity index (χ1n) is 5.52. The highest BCUT2D eigenvalue weighted by molar-refractivity contribution is 5.69. The van der Waals surface area contributed by atoms with Gasteiger partial charge >= 0.3 is 5.97 Å². The normalized spacial score (nSPS) is 20.4. The van der Waals surface area contributed by atoms with Crippen LogP contribution in [-0.4, -0.2) is 12.1 Å². The van der Waals surface area contributed by atoms with Gasteiger partial charge in [0.15, 0.2) is 0 Å². The smallest absolute Gasteiger partial charge is 0.305 e. The van der Waals surface area contributed by atoms with Crippen LogP contribution in [-0.2, 0) is 9.53 Å². The van der Waals surface area contributed by atoms with Crippen LogP contribution < -0.4 is 0 Å². The zero-order valence-electron chi connectivity index (χ0n) is 8.55. The molecule has 2 heteroatoms. The number of ether oxygens (including phenoxy) is 1. The average molecular weight is 184 g/mol. The Morgan fingerprint density at radius 1 is 1.15 bits per heavy atom. The van der Waals surface area contributed by atoms with Crippen molar-refractivity contribution >= 4 is 5.97 Å². The summed E-state index contributed by atoms with van der Waals surface area (Å²) < 4.78 is 5.34. The zero-order valence-corrected chi connectivity index (χ0v) is 8.55. The summed E-state index contributed by atoms with van der Waals surface area (Å²) in [6.45, 7) is 1.85. The molecule has 13 heavy (non-hydrogen) atoms. The number of hydrogen-bond donors (Lipinski definition) is 0. The fourth-order valence-electron chi connectivity index (χ4n) is 1.81. The predicted molar refractivity (Wildman–Crippen MR) is 52.5 cm³/mol. The maximum Gasteiger partial charge on any atom is 0.305 e. The van der Waals surface area contributed by atoms with Crippen molar-refractivity contribution in [3.63, 3.8) is 0 Å². The first-order chi connectivity index (χ1) is 6.33. The van der Waals surface area contributed by atoms with Crippen LogP contribution in [0.4, 0.5) is 0 Å². The molecule has 0 unspecified atom stereocenters. The van der Waals surface area contributed by atoms with Crippen LogP contribution in [0.5, 0.6) is 0 Å². The lowest BCUT2D eigenvalue weighted by Gasteiger charge is -2.19. The SMILES string of the molecule is CCC(=O)OC1CCCCCCC1. The van der Waals surface area contributed by atoms with Gasteiger partial charge < -0.3 is 4.74 Å². The topological polar surface area (TPSA) is 26.3 Å². The van der Waals surface area contributed by atoms with E-state index in [-0.39, 0.29) is 12.1 Å². The van der Waals surface area contributed by atoms with Gasteiger partial charge in [0, 0.05) is 6.42 Å². The molecule has 0 atom stereocenters. The van der Waals surface area contributed by atoms with E-state index in [1.807, 2.05) is 6.92 Å². The van der Waals surface area contributed by atoms with Crippen LogP contribution >= 0.6 is 0 Å². The van der Waals surface area contributed by atoms with Crippen molar-refractivity contribution in [1.29, 1.82) is 0 Å². The molecule has 76 valence electrons. The average Bonchev–Trinajstić information content (AvgIpc) is 2.09. The monoisotopic (exact) mass is 184 g/mol. The lowest BCUT2D eigenvalue weighted by molar-refractivity contribution is -0.149. The molecule has 0 saturated heterocycles. The Morgan fingerprint density at radius 3 is 2.23 bits per heavy atom. The van der Waals surface area contributed by atoms with E-state index >= 15 is 0 Å². The molecular formula is C11H20O2. The van der Waals surface area contributed by atoms with Crippen LogP contribution in [0, 0.1) is 0 Å². The molecule has 2 nitrogen and oxygen atoms in total. The zero-order chi connectivity index (χ0) is 9.52. The van der Waals surface area contributed by atoms with Gasteiger partial charge in [0.05, 0.1) is 0 Å². The van der Waals surface area contributed by atoms with Gasteiger partial charge in [0.1, 0.15) is 6.10 Å². The molecule has 0 aliphatic heterocycles. The third kappa shape index (κ3) is 4.30. The Hall–Kier alpha value is -0.530. The maximum absolute atomic E-state index is 11.1. The highest BCUT2D eigenvalue weighted by atomic mass is 16.5. The van der Waals surface area contributed by atoms with Gasteiger partial charge in [-0.05, 0) is 25.7 Å². The minimum atomic E-state index is -0.0365. The first kappa shape index (κ1) is 10.6. The van der Waals surface area contributed by atoms with E-state index in [0.29, 0.717) is 6.42 Å². The van der Waals surface area contributed by atoms with Gasteiger partial charge in [-0.1, -0.05) is 26.2 Å². The fourth-order valence-corrected chi connectivity index (χ4v) is 1.81. The second-order valence-electron chi connectivity index (χ2n) is 3.81. The summed E-state index contributed by atoms with van der Waals surface area (Å²) in [5, 5.41) is 0. The summed E-state index contributed by atoms with van der Waals surface area (Å²) in [7, 11) is 0. The number of carbonyl (C=O) groups excluding carboxylic acids is 1. The summed E-state index contributed by atoms with van der Waals surface area (Å²) in [6, 6.07) is 0. The summed E-state index contributed by atoms with van der Waals surface area (Å²) in [6.07, 6.45) is 9.29. The number of hydrogen-bond acceptors (Lipinski definition) is 2. The molecule has 0 amide bonds. The molecule has 0 aromatic heterocycles. The van der Waals surface area contributed by atoms with Crippen molar-refractivity contribution < 1.29 is 9.53 Å². The van der Waals surface area contributed by atoms with Crippen LogP contribution in [0.15, 0.2) is 0 Å². The van der Waals surface area contributed by atoms with E-state index in [9.17, 15) is 4.79 Å². The Labute approximate surface area is 80.7 Å². The van der Waals surface area contributed by atoms with E-state index in [1.54, 1.807) is 0 Å². The first-order valence-corrected chi connectivity index (χ1v) is 5.52. The molecule has 1 aliphatic rings. The molecule has 0 aromatic rings. The van der Waals surface area contributed by atoms with E-state index in [0.717, 1.165) is 12.8 Å². The number of rotatable bonds is 2. The van der Waals surface area contributed by atoms with Gasteiger partial charge in [-0.15, -0.1) is 0 Å². The molecule has 0 radical (unpaired) electrons. The number of esters is 1. The summed E-state index contributed by atoms with van der Waals surface area (Å²) in [5.41, 5.74) is 0. The van der Waals surface area contributed by atoms with Gasteiger partial charge in [0.25, 0.3) is 0 Å². The highest BCUT2D eigenvalue weighted by Gasteiger charge is 2.14. The maximum atomic E-state index is 11.1. The summed E-state index contributed by atoms with van der Waals surface area (Å²) in [5.74, 6) is -0.0365. The minimum Gasteiger partial charge on any atom is -0.462 e. The van der Waals surface area contributed by atoms with Crippen molar-refractivity contribution in [3.8, 4) is 0 Å². The summed E-state index contributed by atoms with van der Waals surface area (Å²) >= 11 is 0. The Bertz CT molecular complexity index is 146. The molecule has 1 fully saturated rings. The lowest BCUT2D eigenvalue weighted by atomic mass is 9.98. The molecule has 0 bridgehead atoms. The van der Waals surface area contributed by atoms with Crippen LogP contribution in [0.3, 0.4) is 0 Å². The van der Waals surface area contributed by atoms with E-state index < -0.39 is 0 Å². The van der Waals surface area contributed by atoms with Crippen LogP contribution in [0.1, 0.15) is 58.3 Å². The molecule has 1 rings (SSSR count). The standard InChI is InChI=1S/C11H20O2/c1-2-11(12)13-10-8-6-4-3-5-7-9-10/h10H,2-9H2,1H3. The van der Waals surface area contributed by atoms with Gasteiger partial charge in [0.2, 0.25) is 0 Å². The Balaban J connectivity index is 2.25. The molecular weight excluding hydrogens is 164 g/mol. The lowest BCUT2D eigenvalue weighted by Crippen LogP contribution is -2.18. The van der Waals surface area contributed by atoms with Crippen molar-refractivity contribution in [2.75, 3.05) is 0 Å². The van der Waals surface area contributed by atoms with Crippen molar-refractivity contribution in [2.45, 2.75) is 64.4 Å². The Kier molecular flexibility index (Phi) is 4.87. The summed E-state index contributed by atoms with van der Waals surface area (Å²) in [4.78, 5) is 11.1. The van der Waals surface area contributed by atoms with Gasteiger partial charge in [-0.25, -0.2) is 0 Å². The van der Waals surface area contributed by atoms with E-state index in [2.05, 4.69) is 0 Å². The van der Waals surface area contributed by atoms with Gasteiger partial charge in [-0.2, -0.15) is 0 Å². The molecule has 0 N–H and O–H groups in total. The second-order valence-corrected chi connectivity index (χ2v) is 3.81. The highest BCUT2D eigenvalue weighted by Crippen LogP contribution is 2.19. The quantitative estimate of drug-likeness (QED) is 0.616. The van der Waals surface area contributed by atoms with Crippen molar-refractivity contribution in [3.05, 3.63) is 0 Å². The van der Waals surface area contributed by atoms with Crippen molar-refractivity contribution in [2.24, 2.45) is 0 Å². The van der Waals surface area contributed by atoms with Crippen LogP contribution in [0.2, 0.25) is 0 Å². The Morgan fingerprint density at radius 2 is 1.69 bits per heavy atom. The van der Waals surface area contributed by atoms with E-state index in [4.69, 9.17) is 4.74 Å². The second kappa shape index (κ2) is 6.01. The molecule has 0 spiro atoms. The third-order valence-corrected chi connectivity index (χ3v) is 2.64. The molecule has 1 saturated carbocycles.